The summed E-state index contributed by atoms with van der Waals surface area (Å²) in [6.45, 7) is 2.00. The zero-order chi connectivity index (χ0) is 15.5. The fraction of sp³-hybridized carbons (Fsp3) is 0.294. The molecule has 2 nitrogen and oxygen atoms in total. The van der Waals surface area contributed by atoms with E-state index in [-0.39, 0.29) is 11.6 Å². The number of fused-ring (bicyclic) bond motifs is 1. The lowest BCUT2D eigenvalue weighted by Crippen LogP contribution is -2.16. The number of rotatable bonds is 3. The van der Waals surface area contributed by atoms with Gasteiger partial charge in [0.1, 0.15) is 11.6 Å². The molecule has 0 spiro atoms. The average molecular weight is 323 g/mol. The van der Waals surface area contributed by atoms with Gasteiger partial charge in [-0.25, -0.2) is 8.78 Å². The monoisotopic (exact) mass is 322 g/mol. The maximum Gasteiger partial charge on any atom is 0.128 e. The van der Waals surface area contributed by atoms with Gasteiger partial charge in [0.2, 0.25) is 0 Å². The Hall–Kier alpha value is -1.65. The van der Waals surface area contributed by atoms with E-state index < -0.39 is 0 Å². The highest BCUT2D eigenvalue weighted by Gasteiger charge is 2.19. The van der Waals surface area contributed by atoms with E-state index in [1.165, 1.54) is 18.2 Å². The fourth-order valence-corrected chi connectivity index (χ4v) is 3.11. The number of hydrogen-bond acceptors (Lipinski definition) is 2. The standard InChI is InChI=1S/C17H17ClF2N2/c18-15-9-16(20)13-4-6-21-7-5-14(13)17(15)22-10-11-2-1-3-12(19)8-11/h1-3,8-9,21-22H,4-7,10H2. The molecule has 22 heavy (non-hydrogen) atoms. The predicted octanol–water partition coefficient (Wildman–Crippen LogP) is 3.92. The Kier molecular flexibility index (Phi) is 4.60. The Balaban J connectivity index is 1.89. The van der Waals surface area contributed by atoms with Crippen molar-refractivity contribution in [2.75, 3.05) is 18.4 Å². The van der Waals surface area contributed by atoms with Crippen LogP contribution in [0.3, 0.4) is 0 Å². The molecule has 116 valence electrons. The van der Waals surface area contributed by atoms with Crippen LogP contribution in [0, 0.1) is 11.6 Å². The van der Waals surface area contributed by atoms with Crippen LogP contribution in [0.4, 0.5) is 14.5 Å². The van der Waals surface area contributed by atoms with Gasteiger partial charge in [-0.3, -0.25) is 0 Å². The highest BCUT2D eigenvalue weighted by Crippen LogP contribution is 2.33. The molecule has 0 radical (unpaired) electrons. The molecule has 2 N–H and O–H groups in total. The lowest BCUT2D eigenvalue weighted by molar-refractivity contribution is 0.606. The van der Waals surface area contributed by atoms with E-state index in [0.29, 0.717) is 18.0 Å². The molecule has 0 aliphatic carbocycles. The molecule has 1 aliphatic heterocycles. The molecule has 3 rings (SSSR count). The highest BCUT2D eigenvalue weighted by atomic mass is 35.5. The van der Waals surface area contributed by atoms with Gasteiger partial charge in [0, 0.05) is 6.54 Å². The van der Waals surface area contributed by atoms with E-state index in [1.54, 1.807) is 6.07 Å². The maximum absolute atomic E-state index is 14.1. The van der Waals surface area contributed by atoms with Crippen molar-refractivity contribution in [2.24, 2.45) is 0 Å². The first-order valence-corrected chi connectivity index (χ1v) is 7.71. The van der Waals surface area contributed by atoms with Crippen LogP contribution >= 0.6 is 11.6 Å². The van der Waals surface area contributed by atoms with Crippen molar-refractivity contribution >= 4 is 17.3 Å². The molecule has 0 saturated carbocycles. The maximum atomic E-state index is 14.1. The molecule has 0 amide bonds. The van der Waals surface area contributed by atoms with E-state index in [9.17, 15) is 8.78 Å². The molecule has 0 bridgehead atoms. The second-order valence-corrected chi connectivity index (χ2v) is 5.81. The highest BCUT2D eigenvalue weighted by molar-refractivity contribution is 6.33. The minimum atomic E-state index is -0.271. The van der Waals surface area contributed by atoms with E-state index in [4.69, 9.17) is 11.6 Å². The SMILES string of the molecule is Fc1cccc(CNc2c(Cl)cc(F)c3c2CCNCC3)c1. The smallest absolute Gasteiger partial charge is 0.128 e. The van der Waals surface area contributed by atoms with Crippen molar-refractivity contribution in [3.05, 3.63) is 63.7 Å². The minimum absolute atomic E-state index is 0.250. The lowest BCUT2D eigenvalue weighted by Gasteiger charge is -2.17. The summed E-state index contributed by atoms with van der Waals surface area (Å²) in [5, 5.41) is 6.88. The Bertz CT molecular complexity index is 689. The van der Waals surface area contributed by atoms with Gasteiger partial charge in [0.15, 0.2) is 0 Å². The van der Waals surface area contributed by atoms with Crippen LogP contribution in [0.15, 0.2) is 30.3 Å². The number of anilines is 1. The van der Waals surface area contributed by atoms with Crippen LogP contribution in [0.5, 0.6) is 0 Å². The Morgan fingerprint density at radius 3 is 2.64 bits per heavy atom. The van der Waals surface area contributed by atoms with Gasteiger partial charge in [0.05, 0.1) is 10.7 Å². The van der Waals surface area contributed by atoms with Crippen molar-refractivity contribution in [1.29, 1.82) is 0 Å². The molecule has 0 aromatic heterocycles. The van der Waals surface area contributed by atoms with Gasteiger partial charge in [0.25, 0.3) is 0 Å². The van der Waals surface area contributed by atoms with Crippen LogP contribution in [-0.4, -0.2) is 13.1 Å². The summed E-state index contributed by atoms with van der Waals surface area (Å²) in [4.78, 5) is 0. The molecule has 5 heteroatoms. The number of nitrogens with one attached hydrogen (secondary N) is 2. The van der Waals surface area contributed by atoms with Crippen LogP contribution in [0.25, 0.3) is 0 Å². The van der Waals surface area contributed by atoms with E-state index >= 15 is 0 Å². The topological polar surface area (TPSA) is 24.1 Å². The van der Waals surface area contributed by atoms with Crippen LogP contribution in [0.1, 0.15) is 16.7 Å². The molecule has 2 aromatic carbocycles. The third-order valence-electron chi connectivity index (χ3n) is 3.91. The molecule has 1 heterocycles. The second-order valence-electron chi connectivity index (χ2n) is 5.41. The van der Waals surface area contributed by atoms with Crippen molar-refractivity contribution < 1.29 is 8.78 Å². The third-order valence-corrected chi connectivity index (χ3v) is 4.21. The Morgan fingerprint density at radius 1 is 1.09 bits per heavy atom. The van der Waals surface area contributed by atoms with Gasteiger partial charge in [-0.15, -0.1) is 0 Å². The second kappa shape index (κ2) is 6.63. The molecular formula is C17H17ClF2N2. The predicted molar refractivity (Wildman–Crippen MR) is 85.4 cm³/mol. The number of benzene rings is 2. The zero-order valence-electron chi connectivity index (χ0n) is 12.1. The first-order valence-electron chi connectivity index (χ1n) is 7.34. The summed E-state index contributed by atoms with van der Waals surface area (Å²) in [6.07, 6.45) is 1.37. The van der Waals surface area contributed by atoms with E-state index in [1.807, 2.05) is 6.07 Å². The quantitative estimate of drug-likeness (QED) is 0.895. The summed E-state index contributed by atoms with van der Waals surface area (Å²) in [6, 6.07) is 7.76. The molecule has 0 saturated heterocycles. The van der Waals surface area contributed by atoms with Gasteiger partial charge in [-0.05, 0) is 60.8 Å². The summed E-state index contributed by atoms with van der Waals surface area (Å²) in [5.41, 5.74) is 3.22. The average Bonchev–Trinajstić information content (AvgIpc) is 2.73. The number of halogens is 3. The fourth-order valence-electron chi connectivity index (χ4n) is 2.84. The minimum Gasteiger partial charge on any atom is -0.380 e. The molecule has 0 fully saturated rings. The molecule has 0 atom stereocenters. The molecular weight excluding hydrogens is 306 g/mol. The first-order chi connectivity index (χ1) is 10.6. The lowest BCUT2D eigenvalue weighted by atomic mass is 10.00. The van der Waals surface area contributed by atoms with E-state index in [2.05, 4.69) is 10.6 Å². The van der Waals surface area contributed by atoms with Crippen LogP contribution in [-0.2, 0) is 19.4 Å². The first kappa shape index (κ1) is 15.3. The number of hydrogen-bond donors (Lipinski definition) is 2. The molecule has 0 unspecified atom stereocenters. The summed E-state index contributed by atoms with van der Waals surface area (Å²) >= 11 is 6.22. The normalized spacial score (nSPS) is 14.3. The van der Waals surface area contributed by atoms with Crippen LogP contribution in [0.2, 0.25) is 5.02 Å². The van der Waals surface area contributed by atoms with Gasteiger partial charge in [-0.1, -0.05) is 23.7 Å². The summed E-state index contributed by atoms with van der Waals surface area (Å²) in [5.74, 6) is -0.521. The van der Waals surface area contributed by atoms with Crippen molar-refractivity contribution in [3.8, 4) is 0 Å². The van der Waals surface area contributed by atoms with Crippen molar-refractivity contribution in [3.63, 3.8) is 0 Å². The Morgan fingerprint density at radius 2 is 1.86 bits per heavy atom. The van der Waals surface area contributed by atoms with Crippen molar-refractivity contribution in [2.45, 2.75) is 19.4 Å². The van der Waals surface area contributed by atoms with Gasteiger partial charge >= 0.3 is 0 Å². The van der Waals surface area contributed by atoms with Gasteiger partial charge < -0.3 is 10.6 Å². The molecule has 1 aliphatic rings. The zero-order valence-corrected chi connectivity index (χ0v) is 12.8. The van der Waals surface area contributed by atoms with Crippen LogP contribution < -0.4 is 10.6 Å². The third kappa shape index (κ3) is 3.23. The van der Waals surface area contributed by atoms with Gasteiger partial charge in [-0.2, -0.15) is 0 Å². The van der Waals surface area contributed by atoms with Crippen molar-refractivity contribution in [1.82, 2.24) is 5.32 Å². The molecule has 2 aromatic rings. The Labute approximate surface area is 133 Å². The largest absolute Gasteiger partial charge is 0.380 e. The summed E-state index contributed by atoms with van der Waals surface area (Å²) < 4.78 is 27.4. The van der Waals surface area contributed by atoms with E-state index in [0.717, 1.165) is 41.9 Å². The summed E-state index contributed by atoms with van der Waals surface area (Å²) in [7, 11) is 0.